The zero-order chi connectivity index (χ0) is 68.0. The van der Waals surface area contributed by atoms with Gasteiger partial charge in [0.05, 0.1) is 73.9 Å². The summed E-state index contributed by atoms with van der Waals surface area (Å²) in [5, 5.41) is 33.1. The number of nitrogens with one attached hydrogen (secondary N) is 4. The predicted molar refractivity (Wildman–Crippen MR) is 361 cm³/mol. The van der Waals surface area contributed by atoms with E-state index < -0.39 is 48.2 Å². The first-order valence-electron chi connectivity index (χ1n) is 33.9. The number of carbonyl (C=O) groups is 7. The lowest BCUT2D eigenvalue weighted by Gasteiger charge is -2.31. The highest BCUT2D eigenvalue weighted by Crippen LogP contribution is 2.58. The number of ether oxygens (including phenoxy) is 5. The Hall–Kier alpha value is -9.71. The number of aliphatic hydroxyl groups excluding tert-OH is 1. The number of nitrogens with zero attached hydrogens (tertiary/aromatic N) is 7. The fourth-order valence-electron chi connectivity index (χ4n) is 14.4. The number of unbranched alkanes of at least 4 members (excludes halogenated alkanes) is 2. The summed E-state index contributed by atoms with van der Waals surface area (Å²) in [6.07, 6.45) is 5.09. The van der Waals surface area contributed by atoms with Crippen molar-refractivity contribution in [2.24, 2.45) is 16.7 Å². The summed E-state index contributed by atoms with van der Waals surface area (Å²) in [5.74, 6) is -1.00. The van der Waals surface area contributed by atoms with Crippen LogP contribution in [-0.2, 0) is 37.1 Å². The molecule has 2 aliphatic carbocycles. The van der Waals surface area contributed by atoms with E-state index in [0.29, 0.717) is 84.1 Å². The summed E-state index contributed by atoms with van der Waals surface area (Å²) in [4.78, 5) is 104. The second-order valence-electron chi connectivity index (χ2n) is 27.7. The van der Waals surface area contributed by atoms with Crippen LogP contribution in [0.2, 0.25) is 0 Å². The second-order valence-corrected chi connectivity index (χ2v) is 27.7. The molecule has 0 radical (unpaired) electrons. The predicted octanol–water partition coefficient (Wildman–Crippen LogP) is 9.64. The smallest absolute Gasteiger partial charge is 0.416 e. The van der Waals surface area contributed by atoms with Gasteiger partial charge in [-0.05, 0) is 137 Å². The van der Waals surface area contributed by atoms with Crippen molar-refractivity contribution in [2.45, 2.75) is 155 Å². The molecular formula is C73H85N11O13. The van der Waals surface area contributed by atoms with E-state index in [1.165, 1.54) is 26.9 Å². The van der Waals surface area contributed by atoms with Crippen molar-refractivity contribution in [3.05, 3.63) is 119 Å². The normalized spacial score (nSPS) is 19.5. The summed E-state index contributed by atoms with van der Waals surface area (Å²) >= 11 is 0. The number of carbonyl (C=O) groups excluding carboxylic acids is 7. The molecule has 5 aliphatic heterocycles. The molecule has 24 heteroatoms. The molecule has 0 bridgehead atoms. The molecule has 5 atom stereocenters. The van der Waals surface area contributed by atoms with Crippen molar-refractivity contribution >= 4 is 64.3 Å². The van der Waals surface area contributed by atoms with Crippen LogP contribution in [0.25, 0.3) is 22.5 Å². The minimum atomic E-state index is -1.45. The van der Waals surface area contributed by atoms with E-state index in [0.717, 1.165) is 65.2 Å². The highest BCUT2D eigenvalue weighted by atomic mass is 16.6. The van der Waals surface area contributed by atoms with E-state index >= 15 is 0 Å². The Morgan fingerprint density at radius 2 is 1.34 bits per heavy atom. The Labute approximate surface area is 563 Å². The molecule has 1 aromatic heterocycles. The number of amides is 7. The highest BCUT2D eigenvalue weighted by molar-refractivity contribution is 6.07. The minimum absolute atomic E-state index is 0.0253. The first kappa shape index (κ1) is 65.9. The Balaban J connectivity index is 0.597. The highest BCUT2D eigenvalue weighted by Gasteiger charge is 2.58. The molecule has 2 saturated heterocycles. The number of aromatic nitrogens is 3. The van der Waals surface area contributed by atoms with Crippen LogP contribution < -0.4 is 50.0 Å². The number of anilines is 4. The monoisotopic (exact) mass is 1320 g/mol. The lowest BCUT2D eigenvalue weighted by atomic mass is 9.95. The topological polar surface area (TPSA) is 278 Å². The van der Waals surface area contributed by atoms with Crippen LogP contribution in [0, 0.1) is 16.7 Å². The van der Waals surface area contributed by atoms with Gasteiger partial charge in [0, 0.05) is 73.5 Å². The third kappa shape index (κ3) is 13.4. The molecule has 1 unspecified atom stereocenters. The summed E-state index contributed by atoms with van der Waals surface area (Å²) in [7, 11) is 3.05. The molecule has 97 heavy (non-hydrogen) atoms. The molecule has 6 aromatic rings. The molecule has 24 nitrogen and oxygen atoms in total. The van der Waals surface area contributed by atoms with Crippen LogP contribution in [0.4, 0.5) is 27.5 Å². The maximum Gasteiger partial charge on any atom is 0.416 e. The lowest BCUT2D eigenvalue weighted by molar-refractivity contribution is -0.132. The van der Waals surface area contributed by atoms with Gasteiger partial charge in [-0.2, -0.15) is 0 Å². The van der Waals surface area contributed by atoms with Crippen LogP contribution >= 0.6 is 0 Å². The van der Waals surface area contributed by atoms with Crippen molar-refractivity contribution in [1.82, 2.24) is 35.4 Å². The van der Waals surface area contributed by atoms with Gasteiger partial charge < -0.3 is 64.8 Å². The molecule has 4 fully saturated rings. The molecular weight excluding hydrogens is 1240 g/mol. The first-order valence-corrected chi connectivity index (χ1v) is 33.9. The molecule has 13 rings (SSSR count). The van der Waals surface area contributed by atoms with Gasteiger partial charge in [-0.25, -0.2) is 14.4 Å². The number of aliphatic hydroxyl groups is 1. The van der Waals surface area contributed by atoms with Crippen molar-refractivity contribution in [2.75, 3.05) is 67.5 Å². The van der Waals surface area contributed by atoms with E-state index in [4.69, 9.17) is 23.7 Å². The maximum atomic E-state index is 14.5. The molecule has 2 saturated carbocycles. The SMILES string of the molecule is COc1cc2c(cc1OCCCCCOc1cc3c(cc1OC)C(=O)N1CC4(CC4)C[C@H]1C(O)N3C(=O)OCc1ccc(NC(=O)[C@H](C)NC(=O)[C@@H](NC(=O)CCC(=O)N3Cc4ccccc4-c4c(nnn4C(C)C)-c4ccccc43)C(C)C)cc1)NC[C@@H]1CC3(CC3)CN1C2=O. The molecule has 510 valence electrons. The fourth-order valence-corrected chi connectivity index (χ4v) is 14.4. The standard InChI is InChI=1S/C73H85N11O13/c1-42(2)63(77-61(85)23-24-62(86)80-38-46-15-9-10-16-49(46)65-64(78-79-84(65)43(3)4)50-17-11-12-18-54(50)80)67(88)75-44(5)66(87)76-47-21-19-45(20-22-47)39-97-71(92)83-55-34-60(58(94-7)32-52(55)69(90)82-41-73(27-28-73)36-56(82)70(83)91)96-30-14-8-13-29-95-59-33-53-51(31-57(59)93-6)68(89)81-40-72(25-26-72)35-48(81)37-74-53/h9-12,15-22,31-34,42-44,48,56,63,70,74,91H,8,13-14,23-30,35-41H2,1-7H3,(H,75,88)(H,76,87)(H,77,85)/t44-,48-,56-,63-,70?/m0/s1. The van der Waals surface area contributed by atoms with Crippen molar-refractivity contribution in [1.29, 1.82) is 0 Å². The molecule has 5 N–H and O–H groups in total. The summed E-state index contributed by atoms with van der Waals surface area (Å²) in [6, 6.07) is 26.1. The van der Waals surface area contributed by atoms with Gasteiger partial charge in [0.25, 0.3) is 11.8 Å². The number of fused-ring (bicyclic) bond motifs is 9. The molecule has 2 spiro atoms. The molecule has 7 aliphatic rings. The van der Waals surface area contributed by atoms with E-state index in [1.54, 1.807) is 73.2 Å². The average Bonchev–Trinajstić information content (AvgIpc) is 1.61. The Morgan fingerprint density at radius 1 is 0.691 bits per heavy atom. The zero-order valence-electron chi connectivity index (χ0n) is 56.0. The van der Waals surface area contributed by atoms with E-state index in [9.17, 15) is 38.7 Å². The number of methoxy groups -OCH3 is 2. The van der Waals surface area contributed by atoms with E-state index in [1.807, 2.05) is 78.0 Å². The lowest BCUT2D eigenvalue weighted by Crippen LogP contribution is -2.53. The third-order valence-corrected chi connectivity index (χ3v) is 20.2. The number of para-hydroxylation sites is 1. The van der Waals surface area contributed by atoms with Crippen LogP contribution in [0.15, 0.2) is 97.1 Å². The third-order valence-electron chi connectivity index (χ3n) is 20.2. The maximum absolute atomic E-state index is 14.5. The van der Waals surface area contributed by atoms with Crippen molar-refractivity contribution in [3.8, 4) is 45.5 Å². The number of hydrogen-bond donors (Lipinski definition) is 5. The van der Waals surface area contributed by atoms with Gasteiger partial charge in [-0.3, -0.25) is 28.8 Å². The number of rotatable bonds is 22. The first-order chi connectivity index (χ1) is 46.7. The van der Waals surface area contributed by atoms with Gasteiger partial charge in [-0.15, -0.1) is 5.10 Å². The molecule has 6 heterocycles. The second kappa shape index (κ2) is 27.1. The van der Waals surface area contributed by atoms with Crippen LogP contribution in [0.1, 0.15) is 143 Å². The minimum Gasteiger partial charge on any atom is -0.493 e. The van der Waals surface area contributed by atoms with Gasteiger partial charge in [0.15, 0.2) is 29.2 Å². The van der Waals surface area contributed by atoms with Gasteiger partial charge in [0.1, 0.15) is 24.4 Å². The number of hydrogen-bond acceptors (Lipinski definition) is 16. The van der Waals surface area contributed by atoms with Crippen LogP contribution in [0.3, 0.4) is 0 Å². The quantitative estimate of drug-likeness (QED) is 0.0396. The average molecular weight is 1320 g/mol. The Bertz CT molecular complexity index is 4050. The van der Waals surface area contributed by atoms with Crippen LogP contribution in [-0.4, -0.2) is 149 Å². The summed E-state index contributed by atoms with van der Waals surface area (Å²) in [6.45, 7) is 11.8. The van der Waals surface area contributed by atoms with Crippen LogP contribution in [0.5, 0.6) is 23.0 Å². The largest absolute Gasteiger partial charge is 0.493 e. The Kier molecular flexibility index (Phi) is 18.4. The molecule has 5 aromatic carbocycles. The van der Waals surface area contributed by atoms with E-state index in [2.05, 4.69) is 31.6 Å². The summed E-state index contributed by atoms with van der Waals surface area (Å²) < 4.78 is 31.8. The summed E-state index contributed by atoms with van der Waals surface area (Å²) in [5.41, 5.74) is 7.43. The Morgan fingerprint density at radius 3 is 2.03 bits per heavy atom. The van der Waals surface area contributed by atoms with Crippen molar-refractivity contribution in [3.63, 3.8) is 0 Å². The van der Waals surface area contributed by atoms with Gasteiger partial charge >= 0.3 is 6.09 Å². The van der Waals surface area contributed by atoms with E-state index in [-0.39, 0.29) is 96.5 Å². The molecule has 7 amide bonds. The number of benzene rings is 5. The van der Waals surface area contributed by atoms with Gasteiger partial charge in [0.2, 0.25) is 23.6 Å². The van der Waals surface area contributed by atoms with Gasteiger partial charge in [-0.1, -0.05) is 73.7 Å². The fraction of sp³-hybridized carbons (Fsp3) is 0.466. The zero-order valence-corrected chi connectivity index (χ0v) is 56.0. The van der Waals surface area contributed by atoms with Crippen molar-refractivity contribution < 1.29 is 62.4 Å².